The number of piperidine rings is 1. The number of aryl methyl sites for hydroxylation is 1. The van der Waals surface area contributed by atoms with Gasteiger partial charge in [0.05, 0.1) is 17.1 Å². The van der Waals surface area contributed by atoms with Gasteiger partial charge in [0.1, 0.15) is 17.1 Å². The van der Waals surface area contributed by atoms with Crippen molar-refractivity contribution >= 4 is 34.8 Å². The van der Waals surface area contributed by atoms with Crippen LogP contribution in [-0.2, 0) is 9.53 Å². The molecule has 1 fully saturated rings. The van der Waals surface area contributed by atoms with Crippen molar-refractivity contribution in [1.82, 2.24) is 9.88 Å². The highest BCUT2D eigenvalue weighted by Crippen LogP contribution is 2.33. The lowest BCUT2D eigenvalue weighted by Crippen LogP contribution is -2.41. The second-order valence-corrected chi connectivity index (χ2v) is 10.9. The summed E-state index contributed by atoms with van der Waals surface area (Å²) in [5, 5.41) is 2.89. The number of anilines is 2. The lowest BCUT2D eigenvalue weighted by atomic mass is 9.95. The molecule has 2 aromatic rings. The van der Waals surface area contributed by atoms with Crippen LogP contribution in [0.4, 0.5) is 20.6 Å². The van der Waals surface area contributed by atoms with Crippen molar-refractivity contribution in [3.63, 3.8) is 0 Å². The highest BCUT2D eigenvalue weighted by Gasteiger charge is 2.28. The third-order valence-electron chi connectivity index (χ3n) is 6.60. The maximum atomic E-state index is 15.0. The Hall–Kier alpha value is -3.75. The molecule has 0 unspecified atom stereocenters. The zero-order chi connectivity index (χ0) is 27.4. The molecule has 3 heterocycles. The highest BCUT2D eigenvalue weighted by molar-refractivity contribution is 6.45. The third-order valence-corrected chi connectivity index (χ3v) is 6.60. The number of carbonyl (C=O) groups excluding carboxylic acids is 2. The van der Waals surface area contributed by atoms with Gasteiger partial charge < -0.3 is 19.9 Å². The molecular weight excluding hydrogens is 485 g/mol. The molecular formula is C29H36FN5O3. The second kappa shape index (κ2) is 11.3. The zero-order valence-corrected chi connectivity index (χ0v) is 22.8. The van der Waals surface area contributed by atoms with E-state index in [1.165, 1.54) is 6.07 Å². The maximum absolute atomic E-state index is 15.0. The summed E-state index contributed by atoms with van der Waals surface area (Å²) in [5.41, 5.74) is 3.17. The number of pyridine rings is 1. The van der Waals surface area contributed by atoms with Crippen molar-refractivity contribution in [3.05, 3.63) is 59.7 Å². The first-order chi connectivity index (χ1) is 18.0. The Labute approximate surface area is 223 Å². The van der Waals surface area contributed by atoms with E-state index < -0.39 is 5.60 Å². The topological polar surface area (TPSA) is 87.1 Å². The highest BCUT2D eigenvalue weighted by atomic mass is 19.1. The van der Waals surface area contributed by atoms with Crippen LogP contribution in [0.25, 0.3) is 5.70 Å². The Bertz CT molecular complexity index is 1260. The van der Waals surface area contributed by atoms with Gasteiger partial charge in [-0.2, -0.15) is 0 Å². The van der Waals surface area contributed by atoms with Crippen LogP contribution in [0.2, 0.25) is 0 Å². The van der Waals surface area contributed by atoms with Gasteiger partial charge in [-0.15, -0.1) is 0 Å². The van der Waals surface area contributed by atoms with Crippen LogP contribution < -0.4 is 10.2 Å². The first kappa shape index (κ1) is 27.3. The monoisotopic (exact) mass is 521 g/mol. The van der Waals surface area contributed by atoms with E-state index in [9.17, 15) is 9.59 Å². The molecule has 9 heteroatoms. The standard InChI is InChI=1S/C29H36FN5O3/c1-19-17-21(11-14-31-19)23-9-10-25(32-23)27(36)33-24-8-6-7-22(30)26(24)35-15-12-20(13-16-35)18-34(5)28(37)38-29(2,3)4/h6-9,11,14,17,20H,10,12-13,15-16,18H2,1-5H3,(H,33,36). The zero-order valence-electron chi connectivity index (χ0n) is 22.8. The molecule has 0 aliphatic carbocycles. The fourth-order valence-corrected chi connectivity index (χ4v) is 4.73. The summed E-state index contributed by atoms with van der Waals surface area (Å²) in [4.78, 5) is 37.7. The van der Waals surface area contributed by atoms with E-state index in [1.54, 1.807) is 30.3 Å². The molecule has 8 nitrogen and oxygen atoms in total. The van der Waals surface area contributed by atoms with Crippen LogP contribution in [0.5, 0.6) is 0 Å². The molecule has 2 amide bonds. The minimum atomic E-state index is -0.542. The van der Waals surface area contributed by atoms with Crippen molar-refractivity contribution in [1.29, 1.82) is 0 Å². The molecule has 0 bridgehead atoms. The smallest absolute Gasteiger partial charge is 0.410 e. The van der Waals surface area contributed by atoms with E-state index in [0.29, 0.717) is 43.1 Å². The predicted octanol–water partition coefficient (Wildman–Crippen LogP) is 5.44. The molecule has 1 aromatic carbocycles. The van der Waals surface area contributed by atoms with Crippen molar-refractivity contribution in [2.24, 2.45) is 10.9 Å². The number of halogens is 1. The number of carbonyl (C=O) groups is 2. The lowest BCUT2D eigenvalue weighted by Gasteiger charge is -2.36. The molecule has 2 aliphatic heterocycles. The molecule has 38 heavy (non-hydrogen) atoms. The lowest BCUT2D eigenvalue weighted by molar-refractivity contribution is -0.110. The number of nitrogens with one attached hydrogen (secondary N) is 1. The first-order valence-electron chi connectivity index (χ1n) is 13.0. The van der Waals surface area contributed by atoms with Crippen molar-refractivity contribution in [2.75, 3.05) is 36.9 Å². The van der Waals surface area contributed by atoms with E-state index in [2.05, 4.69) is 15.3 Å². The number of rotatable bonds is 6. The molecule has 0 spiro atoms. The molecule has 1 saturated heterocycles. The molecule has 0 atom stereocenters. The number of aromatic nitrogens is 1. The number of amides is 2. The van der Waals surface area contributed by atoms with Crippen LogP contribution in [0.15, 0.2) is 47.6 Å². The van der Waals surface area contributed by atoms with Gasteiger partial charge in [0.2, 0.25) is 0 Å². The van der Waals surface area contributed by atoms with Gasteiger partial charge in [-0.3, -0.25) is 9.78 Å². The quantitative estimate of drug-likeness (QED) is 0.547. The van der Waals surface area contributed by atoms with Crippen LogP contribution in [0, 0.1) is 18.7 Å². The van der Waals surface area contributed by atoms with Crippen LogP contribution >= 0.6 is 0 Å². The Morgan fingerprint density at radius 1 is 1.21 bits per heavy atom. The molecule has 4 rings (SSSR count). The number of nitrogens with zero attached hydrogens (tertiary/aromatic N) is 4. The fraction of sp³-hybridized carbons (Fsp3) is 0.448. The van der Waals surface area contributed by atoms with Gasteiger partial charge in [0.15, 0.2) is 0 Å². The Balaban J connectivity index is 1.39. The van der Waals surface area contributed by atoms with E-state index in [0.717, 1.165) is 29.8 Å². The number of aliphatic imine (C=N–C) groups is 1. The largest absolute Gasteiger partial charge is 0.444 e. The van der Waals surface area contributed by atoms with Gasteiger partial charge in [-0.25, -0.2) is 14.2 Å². The normalized spacial score (nSPS) is 16.1. The van der Waals surface area contributed by atoms with Crippen LogP contribution in [0.1, 0.15) is 51.3 Å². The molecule has 2 aliphatic rings. The van der Waals surface area contributed by atoms with Gasteiger partial charge in [-0.1, -0.05) is 12.1 Å². The van der Waals surface area contributed by atoms with E-state index in [1.807, 2.05) is 50.8 Å². The van der Waals surface area contributed by atoms with Crippen LogP contribution in [0.3, 0.4) is 0 Å². The summed E-state index contributed by atoms with van der Waals surface area (Å²) >= 11 is 0. The van der Waals surface area contributed by atoms with Gasteiger partial charge >= 0.3 is 6.09 Å². The van der Waals surface area contributed by atoms with Gasteiger partial charge in [0, 0.05) is 50.6 Å². The number of hydrogen-bond acceptors (Lipinski definition) is 6. The summed E-state index contributed by atoms with van der Waals surface area (Å²) in [6.07, 6.45) is 5.28. The summed E-state index contributed by atoms with van der Waals surface area (Å²) < 4.78 is 20.5. The molecule has 0 radical (unpaired) electrons. The van der Waals surface area contributed by atoms with Gasteiger partial charge in [0.25, 0.3) is 5.91 Å². The van der Waals surface area contributed by atoms with E-state index >= 15 is 4.39 Å². The Kier molecular flexibility index (Phi) is 8.14. The Morgan fingerprint density at radius 2 is 1.95 bits per heavy atom. The average molecular weight is 522 g/mol. The minimum absolute atomic E-state index is 0.280. The molecule has 1 aromatic heterocycles. The summed E-state index contributed by atoms with van der Waals surface area (Å²) in [7, 11) is 1.74. The first-order valence-corrected chi connectivity index (χ1v) is 13.0. The molecule has 202 valence electrons. The van der Waals surface area contributed by atoms with Crippen molar-refractivity contribution in [2.45, 2.75) is 52.6 Å². The third kappa shape index (κ3) is 6.76. The average Bonchev–Trinajstić information content (AvgIpc) is 3.35. The van der Waals surface area contributed by atoms with E-state index in [4.69, 9.17) is 4.74 Å². The number of allylic oxidation sites excluding steroid dienone is 1. The fourth-order valence-electron chi connectivity index (χ4n) is 4.73. The number of benzene rings is 1. The van der Waals surface area contributed by atoms with Gasteiger partial charge in [-0.05, 0) is 70.7 Å². The summed E-state index contributed by atoms with van der Waals surface area (Å²) in [6, 6.07) is 8.51. The number of ether oxygens (including phenoxy) is 1. The minimum Gasteiger partial charge on any atom is -0.444 e. The van der Waals surface area contributed by atoms with Crippen molar-refractivity contribution < 1.29 is 18.7 Å². The summed E-state index contributed by atoms with van der Waals surface area (Å²) in [5.74, 6) is -0.447. The number of hydrogen-bond donors (Lipinski definition) is 1. The summed E-state index contributed by atoms with van der Waals surface area (Å²) in [6.45, 7) is 9.25. The molecule has 0 saturated carbocycles. The van der Waals surface area contributed by atoms with E-state index in [-0.39, 0.29) is 23.7 Å². The molecule has 1 N–H and O–H groups in total. The second-order valence-electron chi connectivity index (χ2n) is 10.9. The van der Waals surface area contributed by atoms with Crippen molar-refractivity contribution in [3.8, 4) is 0 Å². The Morgan fingerprint density at radius 3 is 2.63 bits per heavy atom. The van der Waals surface area contributed by atoms with Crippen LogP contribution in [-0.4, -0.2) is 59.9 Å². The SMILES string of the molecule is Cc1cc(C2=CCC(C(=O)Nc3cccc(F)c3N3CCC(CN(C)C(=O)OC(C)(C)C)CC3)=N2)ccn1. The predicted molar refractivity (Wildman–Crippen MR) is 148 cm³/mol. The number of para-hydroxylation sites is 1. The maximum Gasteiger partial charge on any atom is 0.410 e.